The molecule has 0 saturated carbocycles. The number of hydrogen-bond acceptors (Lipinski definition) is 12. The third-order valence-electron chi connectivity index (χ3n) is 5.53. The zero-order valence-electron chi connectivity index (χ0n) is 23.6. The monoisotopic (exact) mass is 588 g/mol. The second-order valence-electron chi connectivity index (χ2n) is 8.52. The molecule has 0 heterocycles. The lowest BCUT2D eigenvalue weighted by Gasteiger charge is -2.09. The Morgan fingerprint density at radius 1 is 0.698 bits per heavy atom. The number of oxime groups is 2. The number of nitrogens with zero attached hydrogens (tertiary/aromatic N) is 2. The second-order valence-corrected chi connectivity index (χ2v) is 8.52. The van der Waals surface area contributed by atoms with E-state index in [1.807, 2.05) is 0 Å². The first-order valence-electron chi connectivity index (χ1n) is 12.6. The van der Waals surface area contributed by atoms with Crippen molar-refractivity contribution in [1.29, 1.82) is 0 Å². The molecule has 222 valence electrons. The van der Waals surface area contributed by atoms with E-state index in [4.69, 9.17) is 28.6 Å². The highest BCUT2D eigenvalue weighted by molar-refractivity contribution is 6.05. The van der Waals surface area contributed by atoms with Crippen LogP contribution < -0.4 is 9.47 Å². The van der Waals surface area contributed by atoms with Gasteiger partial charge in [-0.1, -0.05) is 41.2 Å². The second kappa shape index (κ2) is 15.9. The molecule has 0 aromatic heterocycles. The van der Waals surface area contributed by atoms with Crippen molar-refractivity contribution in [3.63, 3.8) is 0 Å². The van der Waals surface area contributed by atoms with Gasteiger partial charge in [0, 0.05) is 16.7 Å². The van der Waals surface area contributed by atoms with Crippen molar-refractivity contribution in [2.75, 3.05) is 27.4 Å². The molecule has 3 aromatic carbocycles. The van der Waals surface area contributed by atoms with Crippen molar-refractivity contribution in [2.45, 2.75) is 6.92 Å². The number of carbonyl (C=O) groups excluding carboxylic acids is 4. The summed E-state index contributed by atoms with van der Waals surface area (Å²) in [6, 6.07) is 17.3. The predicted molar refractivity (Wildman–Crippen MR) is 155 cm³/mol. The van der Waals surface area contributed by atoms with Gasteiger partial charge in [0.05, 0.1) is 43.3 Å². The smallest absolute Gasteiger partial charge is 0.366 e. The summed E-state index contributed by atoms with van der Waals surface area (Å²) in [6.07, 6.45) is 2.51. The molecule has 3 aromatic rings. The lowest BCUT2D eigenvalue weighted by atomic mass is 10.0. The Morgan fingerprint density at radius 2 is 1.21 bits per heavy atom. The average Bonchev–Trinajstić information content (AvgIpc) is 3.02. The summed E-state index contributed by atoms with van der Waals surface area (Å²) in [5, 5.41) is 7.38. The van der Waals surface area contributed by atoms with Crippen molar-refractivity contribution >= 4 is 36.3 Å². The first kappa shape index (κ1) is 31.7. The van der Waals surface area contributed by atoms with Gasteiger partial charge in [-0.3, -0.25) is 0 Å². The number of carbonyl (C=O) groups is 4. The predicted octanol–water partition coefficient (Wildman–Crippen LogP) is 4.36. The van der Waals surface area contributed by atoms with Crippen LogP contribution in [0.1, 0.15) is 49.1 Å². The maximum Gasteiger partial charge on any atom is 0.366 e. The lowest BCUT2D eigenvalue weighted by Crippen LogP contribution is -2.16. The van der Waals surface area contributed by atoms with E-state index in [2.05, 4.69) is 16.9 Å². The van der Waals surface area contributed by atoms with Gasteiger partial charge in [0.2, 0.25) is 0 Å². The van der Waals surface area contributed by atoms with Crippen LogP contribution in [-0.4, -0.2) is 63.7 Å². The van der Waals surface area contributed by atoms with Crippen LogP contribution in [-0.2, 0) is 23.9 Å². The van der Waals surface area contributed by atoms with E-state index in [0.717, 1.165) is 6.07 Å². The minimum Gasteiger partial charge on any atom is -0.496 e. The molecule has 0 radical (unpaired) electrons. The zero-order valence-corrected chi connectivity index (χ0v) is 23.6. The van der Waals surface area contributed by atoms with Gasteiger partial charge in [0.25, 0.3) is 0 Å². The first-order chi connectivity index (χ1) is 20.7. The van der Waals surface area contributed by atoms with Crippen LogP contribution >= 0.6 is 0 Å². The minimum absolute atomic E-state index is 0.0963. The third-order valence-corrected chi connectivity index (χ3v) is 5.53. The Hall–Kier alpha value is -5.78. The van der Waals surface area contributed by atoms with E-state index in [-0.39, 0.29) is 35.5 Å². The van der Waals surface area contributed by atoms with Gasteiger partial charge in [0.1, 0.15) is 24.7 Å². The maximum atomic E-state index is 13.0. The number of ether oxygens (including phenoxy) is 4. The molecule has 0 unspecified atom stereocenters. The van der Waals surface area contributed by atoms with Gasteiger partial charge < -0.3 is 28.6 Å². The van der Waals surface area contributed by atoms with Crippen LogP contribution in [0.25, 0.3) is 0 Å². The Labute approximate surface area is 247 Å². The molecular formula is C31H28N2O10. The van der Waals surface area contributed by atoms with E-state index >= 15 is 0 Å². The molecule has 0 aliphatic heterocycles. The third kappa shape index (κ3) is 9.11. The molecule has 0 amide bonds. The van der Waals surface area contributed by atoms with Crippen molar-refractivity contribution in [1.82, 2.24) is 0 Å². The van der Waals surface area contributed by atoms with Crippen molar-refractivity contribution in [2.24, 2.45) is 10.3 Å². The molecule has 12 heteroatoms. The molecule has 3 rings (SSSR count). The summed E-state index contributed by atoms with van der Waals surface area (Å²) in [7, 11) is 2.95. The number of methoxy groups -OCH3 is 2. The van der Waals surface area contributed by atoms with Gasteiger partial charge >= 0.3 is 23.9 Å². The van der Waals surface area contributed by atoms with Crippen molar-refractivity contribution in [3.05, 3.63) is 107 Å². The fourth-order valence-electron chi connectivity index (χ4n) is 3.40. The SMILES string of the molecule is C=C(C)C(=O)OCCOC(=O)c1ccc(C(=O)O/N=C/c2ccccc2OC)c(C(=O)O/N=C/c2ccccc2OC)c1. The molecule has 0 saturated heterocycles. The van der Waals surface area contributed by atoms with Crippen LogP contribution in [0.15, 0.2) is 89.2 Å². The number of hydrogen-bond donors (Lipinski definition) is 0. The fourth-order valence-corrected chi connectivity index (χ4v) is 3.40. The molecule has 0 aliphatic rings. The van der Waals surface area contributed by atoms with E-state index in [9.17, 15) is 19.2 Å². The maximum absolute atomic E-state index is 13.0. The molecule has 0 aliphatic carbocycles. The highest BCUT2D eigenvalue weighted by Gasteiger charge is 2.23. The highest BCUT2D eigenvalue weighted by atomic mass is 16.7. The Balaban J connectivity index is 1.81. The lowest BCUT2D eigenvalue weighted by molar-refractivity contribution is -0.140. The number of para-hydroxylation sites is 2. The van der Waals surface area contributed by atoms with Gasteiger partial charge in [-0.2, -0.15) is 0 Å². The van der Waals surface area contributed by atoms with Gasteiger partial charge in [-0.05, 0) is 49.4 Å². The Kier molecular flexibility index (Phi) is 11.7. The molecular weight excluding hydrogens is 560 g/mol. The standard InChI is InChI=1S/C31H28N2O10/c1-20(2)28(34)40-15-16-41-29(35)21-13-14-24(30(36)42-32-18-22-9-5-7-11-26(22)38-3)25(17-21)31(37)43-33-19-23-10-6-8-12-27(23)39-4/h5-14,17-19H,1,15-16H2,2-4H3/b32-18+,33-19+. The summed E-state index contributed by atoms with van der Waals surface area (Å²) in [5.41, 5.74) is 0.542. The van der Waals surface area contributed by atoms with Gasteiger partial charge in [-0.15, -0.1) is 0 Å². The van der Waals surface area contributed by atoms with Crippen LogP contribution in [0.4, 0.5) is 0 Å². The van der Waals surface area contributed by atoms with Gasteiger partial charge in [0.15, 0.2) is 0 Å². The average molecular weight is 589 g/mol. The van der Waals surface area contributed by atoms with E-state index in [0.29, 0.717) is 22.6 Å². The topological polar surface area (TPSA) is 148 Å². The van der Waals surface area contributed by atoms with E-state index in [1.165, 1.54) is 45.7 Å². The summed E-state index contributed by atoms with van der Waals surface area (Å²) < 4.78 is 20.4. The quantitative estimate of drug-likeness (QED) is 0.0704. The molecule has 0 fully saturated rings. The molecule has 0 N–H and O–H groups in total. The highest BCUT2D eigenvalue weighted by Crippen LogP contribution is 2.19. The number of benzene rings is 3. The molecule has 43 heavy (non-hydrogen) atoms. The van der Waals surface area contributed by atoms with Crippen molar-refractivity contribution in [3.8, 4) is 11.5 Å². The largest absolute Gasteiger partial charge is 0.496 e. The molecule has 12 nitrogen and oxygen atoms in total. The summed E-state index contributed by atoms with van der Waals surface area (Å²) in [4.78, 5) is 60.0. The van der Waals surface area contributed by atoms with Crippen LogP contribution in [0.2, 0.25) is 0 Å². The van der Waals surface area contributed by atoms with E-state index < -0.39 is 23.9 Å². The van der Waals surface area contributed by atoms with Crippen LogP contribution in [0, 0.1) is 0 Å². The van der Waals surface area contributed by atoms with Crippen LogP contribution in [0.5, 0.6) is 11.5 Å². The van der Waals surface area contributed by atoms with Gasteiger partial charge in [-0.25, -0.2) is 19.2 Å². The normalized spacial score (nSPS) is 10.7. The summed E-state index contributed by atoms with van der Waals surface area (Å²) in [5.74, 6) is -2.59. The molecule has 0 bridgehead atoms. The Morgan fingerprint density at radius 3 is 1.74 bits per heavy atom. The van der Waals surface area contributed by atoms with E-state index in [1.54, 1.807) is 48.5 Å². The Bertz CT molecular complexity index is 1560. The number of esters is 2. The van der Waals surface area contributed by atoms with Crippen molar-refractivity contribution < 1.29 is 47.8 Å². The zero-order chi connectivity index (χ0) is 31.2. The summed E-state index contributed by atoms with van der Waals surface area (Å²) >= 11 is 0. The molecule has 0 atom stereocenters. The molecule has 0 spiro atoms. The minimum atomic E-state index is -1.07. The number of rotatable bonds is 13. The fraction of sp³-hybridized carbons (Fsp3) is 0.161. The first-order valence-corrected chi connectivity index (χ1v) is 12.6. The van der Waals surface area contributed by atoms with Crippen LogP contribution in [0.3, 0.4) is 0 Å². The summed E-state index contributed by atoms with van der Waals surface area (Å²) in [6.45, 7) is 4.47.